The molecule has 0 bridgehead atoms. The molecule has 0 amide bonds. The van der Waals surface area contributed by atoms with E-state index in [0.29, 0.717) is 11.8 Å². The van der Waals surface area contributed by atoms with E-state index in [2.05, 4.69) is 15.5 Å². The number of hydrazone groups is 1. The maximum atomic E-state index is 12.6. The summed E-state index contributed by atoms with van der Waals surface area (Å²) < 4.78 is 73.1. The van der Waals surface area contributed by atoms with Crippen LogP contribution in [0.15, 0.2) is 70.8 Å². The van der Waals surface area contributed by atoms with Crippen LogP contribution in [0.3, 0.4) is 0 Å². The van der Waals surface area contributed by atoms with Gasteiger partial charge in [-0.15, -0.1) is 0 Å². The van der Waals surface area contributed by atoms with Gasteiger partial charge in [0.15, 0.2) is 11.5 Å². The molecule has 1 N–H and O–H groups in total. The van der Waals surface area contributed by atoms with Crippen molar-refractivity contribution in [2.24, 2.45) is 5.10 Å². The Labute approximate surface area is 182 Å². The zero-order valence-corrected chi connectivity index (χ0v) is 17.7. The van der Waals surface area contributed by atoms with Gasteiger partial charge in [0.1, 0.15) is 10.7 Å². The minimum Gasteiger partial charge on any atom is -0.493 e. The first-order chi connectivity index (χ1) is 15.1. The molecule has 1 aromatic heterocycles. The quantitative estimate of drug-likeness (QED) is 0.311. The second-order valence-electron chi connectivity index (χ2n) is 6.56. The lowest BCUT2D eigenvalue weighted by atomic mass is 10.2. The fourth-order valence-electron chi connectivity index (χ4n) is 2.51. The Bertz CT molecular complexity index is 1210. The molecule has 0 aliphatic rings. The third-order valence-electron chi connectivity index (χ3n) is 4.18. The van der Waals surface area contributed by atoms with Crippen LogP contribution in [0.4, 0.5) is 19.0 Å². The first-order valence-electron chi connectivity index (χ1n) is 9.10. The van der Waals surface area contributed by atoms with Crippen LogP contribution in [0, 0.1) is 6.92 Å². The van der Waals surface area contributed by atoms with E-state index in [1.807, 2.05) is 6.92 Å². The van der Waals surface area contributed by atoms with Crippen LogP contribution in [-0.4, -0.2) is 26.7 Å². The minimum absolute atomic E-state index is 0.00373. The fraction of sp³-hybridized carbons (Fsp3) is 0.143. The van der Waals surface area contributed by atoms with Gasteiger partial charge in [0.2, 0.25) is 0 Å². The van der Waals surface area contributed by atoms with Gasteiger partial charge >= 0.3 is 16.3 Å². The number of nitrogens with one attached hydrogen (secondary N) is 1. The number of aryl methyl sites for hydroxylation is 1. The van der Waals surface area contributed by atoms with Crippen molar-refractivity contribution in [3.8, 4) is 11.5 Å². The predicted molar refractivity (Wildman–Crippen MR) is 112 cm³/mol. The van der Waals surface area contributed by atoms with E-state index < -0.39 is 21.9 Å². The molecule has 0 fully saturated rings. The highest BCUT2D eigenvalue weighted by molar-refractivity contribution is 7.87. The van der Waals surface area contributed by atoms with Gasteiger partial charge in [-0.1, -0.05) is 17.7 Å². The Morgan fingerprint density at radius 3 is 2.34 bits per heavy atom. The van der Waals surface area contributed by atoms with Crippen molar-refractivity contribution in [2.45, 2.75) is 18.0 Å². The summed E-state index contributed by atoms with van der Waals surface area (Å²) in [5.41, 5.74) is 3.07. The summed E-state index contributed by atoms with van der Waals surface area (Å²) in [6, 6.07) is 12.7. The number of halogens is 3. The van der Waals surface area contributed by atoms with Crippen LogP contribution in [0.1, 0.15) is 16.7 Å². The molecule has 0 aliphatic heterocycles. The van der Waals surface area contributed by atoms with Gasteiger partial charge in [-0.3, -0.25) is 5.43 Å². The molecule has 0 spiro atoms. The summed E-state index contributed by atoms with van der Waals surface area (Å²) in [5.74, 6) is 0.255. The number of ether oxygens (including phenoxy) is 1. The Balaban J connectivity index is 1.71. The molecule has 3 rings (SSSR count). The van der Waals surface area contributed by atoms with Crippen molar-refractivity contribution in [3.05, 3.63) is 77.5 Å². The van der Waals surface area contributed by atoms with Crippen molar-refractivity contribution < 1.29 is 30.5 Å². The molecular weight excluding hydrogens is 447 g/mol. The van der Waals surface area contributed by atoms with Crippen LogP contribution >= 0.6 is 0 Å². The van der Waals surface area contributed by atoms with Crippen LogP contribution < -0.4 is 14.3 Å². The molecule has 0 saturated carbocycles. The average molecular weight is 465 g/mol. The molecule has 0 atom stereocenters. The Hall–Kier alpha value is -3.60. The van der Waals surface area contributed by atoms with E-state index in [1.54, 1.807) is 12.1 Å². The summed E-state index contributed by atoms with van der Waals surface area (Å²) in [6.45, 7) is 1.84. The molecule has 0 aliphatic carbocycles. The van der Waals surface area contributed by atoms with Crippen molar-refractivity contribution >= 4 is 22.2 Å². The number of pyridine rings is 1. The zero-order valence-electron chi connectivity index (χ0n) is 16.9. The van der Waals surface area contributed by atoms with E-state index in [0.717, 1.165) is 17.7 Å². The summed E-state index contributed by atoms with van der Waals surface area (Å²) >= 11 is 0. The second kappa shape index (κ2) is 9.27. The predicted octanol–water partition coefficient (Wildman–Crippen LogP) is 4.63. The number of nitrogens with zero attached hydrogens (tertiary/aromatic N) is 2. The number of alkyl halides is 3. The highest BCUT2D eigenvalue weighted by atomic mass is 32.2. The van der Waals surface area contributed by atoms with E-state index in [9.17, 15) is 21.6 Å². The van der Waals surface area contributed by atoms with E-state index in [-0.39, 0.29) is 22.2 Å². The molecule has 32 heavy (non-hydrogen) atoms. The van der Waals surface area contributed by atoms with Crippen LogP contribution in [-0.2, 0) is 16.3 Å². The summed E-state index contributed by atoms with van der Waals surface area (Å²) in [4.78, 5) is 3.65. The minimum atomic E-state index is -4.47. The number of rotatable bonds is 7. The van der Waals surface area contributed by atoms with Crippen LogP contribution in [0.5, 0.6) is 11.5 Å². The summed E-state index contributed by atoms with van der Waals surface area (Å²) in [7, 11) is -2.70. The molecule has 1 heterocycles. The van der Waals surface area contributed by atoms with Gasteiger partial charge in [-0.05, 0) is 55.0 Å². The van der Waals surface area contributed by atoms with E-state index >= 15 is 0 Å². The third-order valence-corrected chi connectivity index (χ3v) is 5.43. The zero-order chi connectivity index (χ0) is 23.4. The third kappa shape index (κ3) is 5.76. The SMILES string of the molecule is COc1cc(/C=N\Nc2ccc(C(F)(F)F)cn2)ccc1OS(=O)(=O)c1ccc(C)cc1. The first-order valence-corrected chi connectivity index (χ1v) is 10.5. The van der Waals surface area contributed by atoms with Gasteiger partial charge in [0.05, 0.1) is 18.9 Å². The number of benzene rings is 2. The monoisotopic (exact) mass is 465 g/mol. The number of aromatic nitrogens is 1. The van der Waals surface area contributed by atoms with Gasteiger partial charge in [0, 0.05) is 6.20 Å². The number of hydrogen-bond acceptors (Lipinski definition) is 7. The molecule has 168 valence electrons. The molecule has 3 aromatic rings. The van der Waals surface area contributed by atoms with Crippen LogP contribution in [0.2, 0.25) is 0 Å². The van der Waals surface area contributed by atoms with Gasteiger partial charge < -0.3 is 8.92 Å². The number of hydrogen-bond donors (Lipinski definition) is 1. The first kappa shape index (κ1) is 23.1. The molecule has 0 radical (unpaired) electrons. The van der Waals surface area contributed by atoms with Crippen molar-refractivity contribution in [3.63, 3.8) is 0 Å². The van der Waals surface area contributed by atoms with Crippen molar-refractivity contribution in [1.29, 1.82) is 0 Å². The number of anilines is 1. The Morgan fingerprint density at radius 2 is 1.75 bits per heavy atom. The maximum absolute atomic E-state index is 12.6. The van der Waals surface area contributed by atoms with Crippen molar-refractivity contribution in [2.75, 3.05) is 12.5 Å². The van der Waals surface area contributed by atoms with Crippen molar-refractivity contribution in [1.82, 2.24) is 4.98 Å². The molecule has 0 saturated heterocycles. The van der Waals surface area contributed by atoms with Crippen LogP contribution in [0.25, 0.3) is 0 Å². The second-order valence-corrected chi connectivity index (χ2v) is 8.11. The molecule has 2 aromatic carbocycles. The molecular formula is C21H18F3N3O4S. The summed E-state index contributed by atoms with van der Waals surface area (Å²) in [6.07, 6.45) is -2.41. The molecule has 11 heteroatoms. The maximum Gasteiger partial charge on any atom is 0.417 e. The highest BCUT2D eigenvalue weighted by Crippen LogP contribution is 2.31. The Morgan fingerprint density at radius 1 is 1.03 bits per heavy atom. The number of methoxy groups -OCH3 is 1. The van der Waals surface area contributed by atoms with E-state index in [4.69, 9.17) is 8.92 Å². The lowest BCUT2D eigenvalue weighted by Crippen LogP contribution is -2.10. The van der Waals surface area contributed by atoms with Gasteiger partial charge in [0.25, 0.3) is 0 Å². The topological polar surface area (TPSA) is 89.9 Å². The molecule has 7 nitrogen and oxygen atoms in total. The standard InChI is InChI=1S/C21H18F3N3O4S/c1-14-3-7-17(8-4-14)32(28,29)31-18-9-5-15(11-19(18)30-2)12-26-27-20-10-6-16(13-25-20)21(22,23)24/h3-13H,1-2H3,(H,25,27)/b26-12-. The van der Waals surface area contributed by atoms with E-state index in [1.165, 1.54) is 43.7 Å². The molecule has 0 unspecified atom stereocenters. The summed E-state index contributed by atoms with van der Waals surface area (Å²) in [5, 5.41) is 3.91. The smallest absolute Gasteiger partial charge is 0.417 e. The largest absolute Gasteiger partial charge is 0.493 e. The highest BCUT2D eigenvalue weighted by Gasteiger charge is 2.30. The average Bonchev–Trinajstić information content (AvgIpc) is 2.74. The lowest BCUT2D eigenvalue weighted by molar-refractivity contribution is -0.137. The Kier molecular flexibility index (Phi) is 6.68. The lowest BCUT2D eigenvalue weighted by Gasteiger charge is -2.11. The van der Waals surface area contributed by atoms with Gasteiger partial charge in [-0.2, -0.15) is 26.7 Å². The van der Waals surface area contributed by atoms with Gasteiger partial charge in [-0.25, -0.2) is 4.98 Å². The fourth-order valence-corrected chi connectivity index (χ4v) is 3.44. The normalized spacial score (nSPS) is 12.0.